The summed E-state index contributed by atoms with van der Waals surface area (Å²) >= 11 is 6.11. The summed E-state index contributed by atoms with van der Waals surface area (Å²) in [7, 11) is 3.10. The van der Waals surface area contributed by atoms with Crippen molar-refractivity contribution in [2.75, 3.05) is 20.8 Å². The first-order chi connectivity index (χ1) is 14.3. The Kier molecular flexibility index (Phi) is 6.52. The molecule has 0 fully saturated rings. The summed E-state index contributed by atoms with van der Waals surface area (Å²) in [5, 5.41) is 3.89. The first-order valence-electron chi connectivity index (χ1n) is 9.21. The van der Waals surface area contributed by atoms with Crippen molar-refractivity contribution in [1.82, 2.24) is 5.32 Å². The molecule has 0 aliphatic heterocycles. The number of fused-ring (bicyclic) bond motifs is 1. The number of rotatable bonds is 7. The van der Waals surface area contributed by atoms with Crippen LogP contribution in [0.4, 0.5) is 0 Å². The van der Waals surface area contributed by atoms with Gasteiger partial charge in [0.15, 0.2) is 12.2 Å². The predicted molar refractivity (Wildman–Crippen MR) is 112 cm³/mol. The van der Waals surface area contributed by atoms with Gasteiger partial charge in [-0.25, -0.2) is 4.79 Å². The average Bonchev–Trinajstić information content (AvgIpc) is 3.09. The van der Waals surface area contributed by atoms with Gasteiger partial charge in [0.1, 0.15) is 11.5 Å². The van der Waals surface area contributed by atoms with Crippen LogP contribution in [-0.4, -0.2) is 32.7 Å². The number of hydrogen-bond acceptors (Lipinski definition) is 6. The van der Waals surface area contributed by atoms with Gasteiger partial charge in [-0.3, -0.25) is 4.79 Å². The first kappa shape index (κ1) is 21.5. The van der Waals surface area contributed by atoms with E-state index in [1.165, 1.54) is 0 Å². The molecule has 0 saturated heterocycles. The smallest absolute Gasteiger partial charge is 0.375 e. The van der Waals surface area contributed by atoms with E-state index in [1.54, 1.807) is 64.5 Å². The van der Waals surface area contributed by atoms with Gasteiger partial charge in [0.2, 0.25) is 5.76 Å². The number of ether oxygens (including phenoxy) is 3. The third kappa shape index (κ3) is 4.36. The molecule has 30 heavy (non-hydrogen) atoms. The zero-order valence-electron chi connectivity index (χ0n) is 17.1. The lowest BCUT2D eigenvalue weighted by Crippen LogP contribution is -2.31. The van der Waals surface area contributed by atoms with Crippen molar-refractivity contribution in [3.05, 3.63) is 58.3 Å². The van der Waals surface area contributed by atoms with E-state index in [0.29, 0.717) is 27.7 Å². The topological polar surface area (TPSA) is 87.0 Å². The lowest BCUT2D eigenvalue weighted by atomic mass is 10.1. The number of halogens is 1. The van der Waals surface area contributed by atoms with Gasteiger partial charge >= 0.3 is 5.97 Å². The Balaban J connectivity index is 1.66. The zero-order chi connectivity index (χ0) is 21.8. The van der Waals surface area contributed by atoms with Crippen LogP contribution < -0.4 is 14.8 Å². The van der Waals surface area contributed by atoms with Crippen molar-refractivity contribution in [2.24, 2.45) is 0 Å². The molecule has 158 valence electrons. The van der Waals surface area contributed by atoms with E-state index >= 15 is 0 Å². The maximum atomic E-state index is 12.4. The molecule has 1 heterocycles. The van der Waals surface area contributed by atoms with Crippen molar-refractivity contribution in [3.63, 3.8) is 0 Å². The molecule has 2 aromatic carbocycles. The van der Waals surface area contributed by atoms with E-state index in [9.17, 15) is 9.59 Å². The fourth-order valence-corrected chi connectivity index (χ4v) is 3.35. The molecule has 0 aliphatic carbocycles. The summed E-state index contributed by atoms with van der Waals surface area (Å²) in [5.41, 5.74) is 1.75. The minimum atomic E-state index is -0.735. The standard InChI is InChI=1S/C22H22ClNO6/c1-12-15-6-5-7-17(23)21(15)30-20(12)22(26)29-11-19(25)24-13(2)16-10-14(27-3)8-9-18(16)28-4/h5-10,13H,11H2,1-4H3,(H,24,25). The van der Waals surface area contributed by atoms with Crippen LogP contribution in [-0.2, 0) is 9.53 Å². The Morgan fingerprint density at radius 1 is 1.17 bits per heavy atom. The van der Waals surface area contributed by atoms with Gasteiger partial charge in [0, 0.05) is 16.5 Å². The van der Waals surface area contributed by atoms with Crippen molar-refractivity contribution >= 4 is 34.4 Å². The van der Waals surface area contributed by atoms with Crippen LogP contribution in [0.3, 0.4) is 0 Å². The average molecular weight is 432 g/mol. The number of carbonyl (C=O) groups is 2. The number of furan rings is 1. The summed E-state index contributed by atoms with van der Waals surface area (Å²) in [6.45, 7) is 3.07. The SMILES string of the molecule is COc1ccc(OC)c(C(C)NC(=O)COC(=O)c2oc3c(Cl)cccc3c2C)c1. The molecule has 1 aromatic heterocycles. The Morgan fingerprint density at radius 2 is 1.93 bits per heavy atom. The fourth-order valence-electron chi connectivity index (χ4n) is 3.14. The number of carbonyl (C=O) groups excluding carboxylic acids is 2. The third-order valence-electron chi connectivity index (χ3n) is 4.72. The predicted octanol–water partition coefficient (Wildman–Crippen LogP) is 4.45. The highest BCUT2D eigenvalue weighted by atomic mass is 35.5. The Morgan fingerprint density at radius 3 is 2.60 bits per heavy atom. The second kappa shape index (κ2) is 9.09. The lowest BCUT2D eigenvalue weighted by molar-refractivity contribution is -0.124. The third-order valence-corrected chi connectivity index (χ3v) is 5.01. The van der Waals surface area contributed by atoms with E-state index in [4.69, 9.17) is 30.2 Å². The van der Waals surface area contributed by atoms with Crippen LogP contribution >= 0.6 is 11.6 Å². The zero-order valence-corrected chi connectivity index (χ0v) is 17.8. The van der Waals surface area contributed by atoms with E-state index < -0.39 is 24.5 Å². The number of hydrogen-bond donors (Lipinski definition) is 1. The molecule has 7 nitrogen and oxygen atoms in total. The monoisotopic (exact) mass is 431 g/mol. The lowest BCUT2D eigenvalue weighted by Gasteiger charge is -2.18. The number of aryl methyl sites for hydroxylation is 1. The summed E-state index contributed by atoms with van der Waals surface area (Å²) < 4.78 is 21.3. The van der Waals surface area contributed by atoms with Gasteiger partial charge < -0.3 is 23.9 Å². The summed E-state index contributed by atoms with van der Waals surface area (Å²) in [5.74, 6) is 0.0650. The molecule has 3 aromatic rings. The van der Waals surface area contributed by atoms with Gasteiger partial charge in [-0.15, -0.1) is 0 Å². The van der Waals surface area contributed by atoms with Gasteiger partial charge in [-0.2, -0.15) is 0 Å². The van der Waals surface area contributed by atoms with Crippen LogP contribution in [0.25, 0.3) is 11.0 Å². The number of amides is 1. The van der Waals surface area contributed by atoms with E-state index in [-0.39, 0.29) is 5.76 Å². The van der Waals surface area contributed by atoms with Crippen LogP contribution in [0.15, 0.2) is 40.8 Å². The molecule has 1 unspecified atom stereocenters. The molecular formula is C22H22ClNO6. The van der Waals surface area contributed by atoms with E-state index in [1.807, 2.05) is 0 Å². The molecule has 3 rings (SSSR count). The summed E-state index contributed by atoms with van der Waals surface area (Å²) in [4.78, 5) is 24.7. The van der Waals surface area contributed by atoms with Crippen LogP contribution in [0.2, 0.25) is 5.02 Å². The van der Waals surface area contributed by atoms with Gasteiger partial charge in [-0.05, 0) is 38.1 Å². The minimum Gasteiger partial charge on any atom is -0.497 e. The molecule has 0 bridgehead atoms. The molecule has 1 atom stereocenters. The number of methoxy groups -OCH3 is 2. The quantitative estimate of drug-likeness (QED) is 0.556. The Bertz CT molecular complexity index is 1090. The van der Waals surface area contributed by atoms with Gasteiger partial charge in [0.05, 0.1) is 25.3 Å². The van der Waals surface area contributed by atoms with Crippen molar-refractivity contribution in [2.45, 2.75) is 19.9 Å². The molecule has 1 N–H and O–H groups in total. The first-order valence-corrected chi connectivity index (χ1v) is 9.59. The van der Waals surface area contributed by atoms with E-state index in [0.717, 1.165) is 10.9 Å². The molecule has 0 spiro atoms. The fraction of sp³-hybridized carbons (Fsp3) is 0.273. The highest BCUT2D eigenvalue weighted by molar-refractivity contribution is 6.35. The second-order valence-electron chi connectivity index (χ2n) is 6.65. The van der Waals surface area contributed by atoms with Gasteiger partial charge in [0.25, 0.3) is 5.91 Å². The summed E-state index contributed by atoms with van der Waals surface area (Å²) in [6.07, 6.45) is 0. The maximum Gasteiger partial charge on any atom is 0.375 e. The molecule has 0 aliphatic rings. The highest BCUT2D eigenvalue weighted by Gasteiger charge is 2.22. The highest BCUT2D eigenvalue weighted by Crippen LogP contribution is 2.31. The Labute approximate surface area is 178 Å². The number of nitrogens with one attached hydrogen (secondary N) is 1. The molecule has 0 saturated carbocycles. The normalized spacial score (nSPS) is 11.8. The van der Waals surface area contributed by atoms with Gasteiger partial charge in [-0.1, -0.05) is 23.7 Å². The van der Waals surface area contributed by atoms with E-state index in [2.05, 4.69) is 5.32 Å². The molecular weight excluding hydrogens is 410 g/mol. The molecule has 1 amide bonds. The largest absolute Gasteiger partial charge is 0.497 e. The number of esters is 1. The van der Waals surface area contributed by atoms with Crippen molar-refractivity contribution < 1.29 is 28.2 Å². The Hall–Kier alpha value is -3.19. The number of benzene rings is 2. The maximum absolute atomic E-state index is 12.4. The second-order valence-corrected chi connectivity index (χ2v) is 7.05. The summed E-state index contributed by atoms with van der Waals surface area (Å²) in [6, 6.07) is 10.1. The molecule has 8 heteroatoms. The van der Waals surface area contributed by atoms with Crippen molar-refractivity contribution in [3.8, 4) is 11.5 Å². The minimum absolute atomic E-state index is 0.0217. The van der Waals surface area contributed by atoms with Crippen LogP contribution in [0, 0.1) is 6.92 Å². The van der Waals surface area contributed by atoms with Crippen LogP contribution in [0.1, 0.15) is 34.6 Å². The van der Waals surface area contributed by atoms with Crippen LogP contribution in [0.5, 0.6) is 11.5 Å². The molecule has 0 radical (unpaired) electrons. The number of para-hydroxylation sites is 1. The van der Waals surface area contributed by atoms with Crippen molar-refractivity contribution in [1.29, 1.82) is 0 Å².